The van der Waals surface area contributed by atoms with Crippen LogP contribution in [0.15, 0.2) is 42.5 Å². The van der Waals surface area contributed by atoms with Gasteiger partial charge >= 0.3 is 12.1 Å². The Morgan fingerprint density at radius 2 is 1.95 bits per heavy atom. The van der Waals surface area contributed by atoms with E-state index < -0.39 is 30.9 Å². The smallest absolute Gasteiger partial charge is 0.406 e. The molecule has 2 aromatic carbocycles. The zero-order valence-corrected chi connectivity index (χ0v) is 24.1. The number of carbonyl (C=O) groups is 1. The van der Waals surface area contributed by atoms with Crippen molar-refractivity contribution in [2.45, 2.75) is 58.2 Å². The number of nitrogens with one attached hydrogen (secondary N) is 2. The quantitative estimate of drug-likeness (QED) is 0.179. The molecule has 4 rings (SSSR count). The predicted octanol–water partition coefficient (Wildman–Crippen LogP) is 6.09. The fraction of sp³-hybridized carbons (Fsp3) is 0.452. The number of rotatable bonds is 9. The van der Waals surface area contributed by atoms with Gasteiger partial charge in [-0.05, 0) is 69.5 Å². The molecule has 0 amide bonds. The van der Waals surface area contributed by atoms with E-state index in [0.717, 1.165) is 11.1 Å². The molecule has 0 aliphatic carbocycles. The van der Waals surface area contributed by atoms with Gasteiger partial charge in [0.15, 0.2) is 0 Å². The third-order valence-electron chi connectivity index (χ3n) is 7.22. The molecule has 2 unspecified atom stereocenters. The zero-order valence-electron chi connectivity index (χ0n) is 24.1. The summed E-state index contributed by atoms with van der Waals surface area (Å²) >= 11 is 0. The van der Waals surface area contributed by atoms with E-state index in [4.69, 9.17) is 9.47 Å². The summed E-state index contributed by atoms with van der Waals surface area (Å²) in [5, 5.41) is 6.88. The number of methoxy groups -OCH3 is 1. The van der Waals surface area contributed by atoms with Gasteiger partial charge in [-0.25, -0.2) is 9.18 Å². The maximum Gasteiger partial charge on any atom is 0.406 e. The van der Waals surface area contributed by atoms with Crippen LogP contribution in [0.2, 0.25) is 0 Å². The first-order valence-electron chi connectivity index (χ1n) is 13.9. The van der Waals surface area contributed by atoms with Crippen LogP contribution in [0.5, 0.6) is 5.75 Å². The molecule has 1 aliphatic heterocycles. The van der Waals surface area contributed by atoms with Gasteiger partial charge in [0.1, 0.15) is 18.5 Å². The molecule has 1 aromatic heterocycles. The molecule has 1 saturated heterocycles. The van der Waals surface area contributed by atoms with Crippen molar-refractivity contribution < 1.29 is 31.8 Å². The van der Waals surface area contributed by atoms with Gasteiger partial charge in [-0.3, -0.25) is 4.90 Å². The monoisotopic (exact) mass is 588 g/mol. The molecule has 1 fully saturated rings. The Labute approximate surface area is 243 Å². The number of carbonyl (C=O) groups excluding carboxylic acids is 1. The number of benzene rings is 2. The minimum Gasteiger partial charge on any atom is -0.495 e. The molecule has 11 heteroatoms. The van der Waals surface area contributed by atoms with Crippen molar-refractivity contribution in [3.05, 3.63) is 53.7 Å². The second-order valence-electron chi connectivity index (χ2n) is 10.4. The van der Waals surface area contributed by atoms with Crippen molar-refractivity contribution in [1.82, 2.24) is 9.47 Å². The van der Waals surface area contributed by atoms with Crippen molar-refractivity contribution in [3.63, 3.8) is 0 Å². The molecule has 0 bridgehead atoms. The van der Waals surface area contributed by atoms with Crippen LogP contribution < -0.4 is 15.4 Å². The zero-order chi connectivity index (χ0) is 30.4. The summed E-state index contributed by atoms with van der Waals surface area (Å²) in [6.45, 7) is 5.95. The van der Waals surface area contributed by atoms with Crippen LogP contribution in [0.4, 0.5) is 28.9 Å². The maximum absolute atomic E-state index is 15.0. The first kappa shape index (κ1) is 31.0. The highest BCUT2D eigenvalue weighted by Crippen LogP contribution is 2.32. The molecule has 2 N–H and O–H groups in total. The SMILES string of the molecule is CCOC(=O)c1ccc(NCC#Cc2cc3c(NC4CCN(C(C)C)CC4F)cccc3n2CC(F)(F)F)c(OC)c1. The summed E-state index contributed by atoms with van der Waals surface area (Å²) in [7, 11) is 1.46. The summed E-state index contributed by atoms with van der Waals surface area (Å²) in [5.41, 5.74) is 2.02. The highest BCUT2D eigenvalue weighted by molar-refractivity contribution is 5.94. The van der Waals surface area contributed by atoms with Gasteiger partial charge in [0.2, 0.25) is 0 Å². The highest BCUT2D eigenvalue weighted by atomic mass is 19.4. The Bertz CT molecular complexity index is 1460. The fourth-order valence-corrected chi connectivity index (χ4v) is 5.08. The number of anilines is 2. The third-order valence-corrected chi connectivity index (χ3v) is 7.22. The number of alkyl halides is 4. The number of fused-ring (bicyclic) bond motifs is 1. The van der Waals surface area contributed by atoms with E-state index in [2.05, 4.69) is 27.4 Å². The van der Waals surface area contributed by atoms with Crippen molar-refractivity contribution in [3.8, 4) is 17.6 Å². The molecule has 1 aliphatic rings. The van der Waals surface area contributed by atoms with E-state index in [1.807, 2.05) is 13.8 Å². The minimum atomic E-state index is -4.47. The van der Waals surface area contributed by atoms with Crippen LogP contribution in [-0.4, -0.2) is 73.2 Å². The lowest BCUT2D eigenvalue weighted by atomic mass is 10.0. The normalized spacial score (nSPS) is 17.5. The number of halogens is 4. The Balaban J connectivity index is 1.56. The van der Waals surface area contributed by atoms with E-state index in [9.17, 15) is 18.0 Å². The van der Waals surface area contributed by atoms with E-state index in [0.29, 0.717) is 46.6 Å². The maximum atomic E-state index is 15.0. The highest BCUT2D eigenvalue weighted by Gasteiger charge is 2.32. The molecule has 0 radical (unpaired) electrons. The summed E-state index contributed by atoms with van der Waals surface area (Å²) in [6.07, 6.45) is -4.99. The number of hydrogen-bond acceptors (Lipinski definition) is 6. The number of piperidine rings is 1. The Kier molecular flexibility index (Phi) is 9.89. The van der Waals surface area contributed by atoms with Gasteiger partial charge in [0.05, 0.1) is 48.8 Å². The van der Waals surface area contributed by atoms with Crippen LogP contribution in [0, 0.1) is 11.8 Å². The van der Waals surface area contributed by atoms with E-state index in [1.54, 1.807) is 43.3 Å². The van der Waals surface area contributed by atoms with Gasteiger partial charge < -0.3 is 24.7 Å². The average Bonchev–Trinajstić information content (AvgIpc) is 3.28. The lowest BCUT2D eigenvalue weighted by Crippen LogP contribution is -2.50. The van der Waals surface area contributed by atoms with Gasteiger partial charge in [0, 0.05) is 30.2 Å². The second-order valence-corrected chi connectivity index (χ2v) is 10.4. The fourth-order valence-electron chi connectivity index (χ4n) is 5.08. The van der Waals surface area contributed by atoms with Crippen molar-refractivity contribution >= 4 is 28.2 Å². The van der Waals surface area contributed by atoms with Crippen molar-refractivity contribution in [2.24, 2.45) is 0 Å². The van der Waals surface area contributed by atoms with Crippen LogP contribution in [0.3, 0.4) is 0 Å². The third kappa shape index (κ3) is 7.48. The topological polar surface area (TPSA) is 67.8 Å². The van der Waals surface area contributed by atoms with Crippen LogP contribution in [-0.2, 0) is 11.3 Å². The molecule has 0 saturated carbocycles. The van der Waals surface area contributed by atoms with Gasteiger partial charge in [-0.2, -0.15) is 13.2 Å². The summed E-state index contributed by atoms with van der Waals surface area (Å²) < 4.78 is 67.3. The van der Waals surface area contributed by atoms with Gasteiger partial charge in [-0.15, -0.1) is 0 Å². The lowest BCUT2D eigenvalue weighted by molar-refractivity contribution is -0.140. The largest absolute Gasteiger partial charge is 0.495 e. The Hall–Kier alpha value is -3.91. The summed E-state index contributed by atoms with van der Waals surface area (Å²) in [4.78, 5) is 14.1. The molecule has 226 valence electrons. The molecule has 2 heterocycles. The Morgan fingerprint density at radius 1 is 1.17 bits per heavy atom. The van der Waals surface area contributed by atoms with Crippen LogP contribution in [0.25, 0.3) is 10.9 Å². The van der Waals surface area contributed by atoms with Crippen molar-refractivity contribution in [2.75, 3.05) is 44.0 Å². The number of esters is 1. The molecular formula is C31H36F4N4O3. The molecule has 0 spiro atoms. The standard InChI is InChI=1S/C31H36F4N4O3/c1-5-42-30(40)21-11-12-27(29(16-21)41-4)36-14-7-8-22-17-23-25(9-6-10-28(23)39(22)19-31(33,34)35)37-26-13-15-38(20(2)3)18-24(26)32/h6,9-12,16-17,20,24,26,36-37H,5,13-15,18-19H2,1-4H3. The average molecular weight is 589 g/mol. The molecule has 3 aromatic rings. The van der Waals surface area contributed by atoms with Crippen molar-refractivity contribution in [1.29, 1.82) is 0 Å². The molecule has 7 nitrogen and oxygen atoms in total. The Morgan fingerprint density at radius 3 is 2.62 bits per heavy atom. The number of nitrogens with zero attached hydrogens (tertiary/aromatic N) is 2. The second kappa shape index (κ2) is 13.4. The molecular weight excluding hydrogens is 552 g/mol. The van der Waals surface area contributed by atoms with E-state index in [1.165, 1.54) is 13.2 Å². The first-order valence-corrected chi connectivity index (χ1v) is 13.9. The van der Waals surface area contributed by atoms with Gasteiger partial charge in [-0.1, -0.05) is 12.0 Å². The molecule has 42 heavy (non-hydrogen) atoms. The number of ether oxygens (including phenoxy) is 2. The molecule has 2 atom stereocenters. The summed E-state index contributed by atoms with van der Waals surface area (Å²) in [5.74, 6) is 5.67. The lowest BCUT2D eigenvalue weighted by Gasteiger charge is -2.37. The van der Waals surface area contributed by atoms with E-state index >= 15 is 4.39 Å². The number of likely N-dealkylation sites (tertiary alicyclic amines) is 1. The van der Waals surface area contributed by atoms with Gasteiger partial charge in [0.25, 0.3) is 0 Å². The number of hydrogen-bond donors (Lipinski definition) is 2. The van der Waals surface area contributed by atoms with E-state index in [-0.39, 0.29) is 24.9 Å². The van der Waals surface area contributed by atoms with Crippen LogP contribution >= 0.6 is 0 Å². The number of aromatic nitrogens is 1. The predicted molar refractivity (Wildman–Crippen MR) is 156 cm³/mol. The van der Waals surface area contributed by atoms with Crippen LogP contribution in [0.1, 0.15) is 43.2 Å². The summed E-state index contributed by atoms with van der Waals surface area (Å²) in [6, 6.07) is 11.2. The first-order chi connectivity index (χ1) is 20.0. The minimum absolute atomic E-state index is 0.103.